The lowest BCUT2D eigenvalue weighted by Gasteiger charge is -2.48. The van der Waals surface area contributed by atoms with Crippen molar-refractivity contribution in [2.45, 2.75) is 46.0 Å². The van der Waals surface area contributed by atoms with Gasteiger partial charge in [0, 0.05) is 49.2 Å². The maximum Gasteiger partial charge on any atom is 0.346 e. The molecule has 0 unspecified atom stereocenters. The number of carboxylic acid groups (broad SMARTS) is 1. The molecule has 0 radical (unpaired) electrons. The summed E-state index contributed by atoms with van der Waals surface area (Å²) in [6.07, 6.45) is 3.33. The average Bonchev–Trinajstić information content (AvgIpc) is 3.53. The van der Waals surface area contributed by atoms with Gasteiger partial charge >= 0.3 is 11.6 Å². The van der Waals surface area contributed by atoms with E-state index in [2.05, 4.69) is 38.7 Å². The van der Waals surface area contributed by atoms with Crippen LogP contribution in [-0.2, 0) is 16.6 Å². The molecule has 0 bridgehead atoms. The predicted molar refractivity (Wildman–Crippen MR) is 158 cm³/mol. The second kappa shape index (κ2) is 8.94. The third kappa shape index (κ3) is 4.40. The summed E-state index contributed by atoms with van der Waals surface area (Å²) in [6, 6.07) is 13.5. The van der Waals surface area contributed by atoms with Crippen LogP contribution in [0.3, 0.4) is 0 Å². The van der Waals surface area contributed by atoms with Crippen molar-refractivity contribution in [2.24, 2.45) is 5.41 Å². The molecule has 0 aliphatic carbocycles. The molecule has 4 aromatic rings. The highest BCUT2D eigenvalue weighted by atomic mass is 32.1. The minimum atomic E-state index is -1.25. The van der Waals surface area contributed by atoms with Gasteiger partial charge in [-0.15, -0.1) is 22.7 Å². The number of thiophene rings is 2. The van der Waals surface area contributed by atoms with Gasteiger partial charge in [0.25, 0.3) is 0 Å². The number of carboxylic acids is 1. The van der Waals surface area contributed by atoms with Gasteiger partial charge in [-0.05, 0) is 71.7 Å². The summed E-state index contributed by atoms with van der Waals surface area (Å²) in [5.41, 5.74) is 4.48. The number of nitrogens with zero attached hydrogens (tertiary/aromatic N) is 2. The Labute approximate surface area is 234 Å². The van der Waals surface area contributed by atoms with E-state index < -0.39 is 5.97 Å². The Bertz CT molecular complexity index is 1800. The fourth-order valence-corrected chi connectivity index (χ4v) is 7.92. The molecule has 0 saturated carbocycles. The van der Waals surface area contributed by atoms with E-state index in [0.29, 0.717) is 16.0 Å². The maximum absolute atomic E-state index is 13.4. The van der Waals surface area contributed by atoms with Crippen LogP contribution in [-0.4, -0.2) is 24.2 Å². The predicted octanol–water partition coefficient (Wildman–Crippen LogP) is 7.31. The number of rotatable bonds is 4. The topological polar surface area (TPSA) is 94.5 Å². The van der Waals surface area contributed by atoms with E-state index in [4.69, 9.17) is 14.8 Å². The second-order valence-electron chi connectivity index (χ2n) is 11.9. The summed E-state index contributed by atoms with van der Waals surface area (Å²) in [4.78, 5) is 30.4. The second-order valence-corrected chi connectivity index (χ2v) is 14.1. The molecule has 39 heavy (non-hydrogen) atoms. The molecular weight excluding hydrogens is 528 g/mol. The zero-order valence-electron chi connectivity index (χ0n) is 22.3. The average molecular weight is 557 g/mol. The van der Waals surface area contributed by atoms with E-state index in [0.717, 1.165) is 51.5 Å². The fraction of sp³-hybridized carbons (Fsp3) is 0.323. The van der Waals surface area contributed by atoms with Crippen LogP contribution in [0, 0.1) is 16.7 Å². The minimum Gasteiger partial charge on any atom is -0.477 e. The van der Waals surface area contributed by atoms with Crippen molar-refractivity contribution in [1.29, 1.82) is 5.26 Å². The van der Waals surface area contributed by atoms with Gasteiger partial charge in [-0.2, -0.15) is 5.26 Å². The largest absolute Gasteiger partial charge is 0.477 e. The number of hydrogen-bond acceptors (Lipinski definition) is 7. The Morgan fingerprint density at radius 2 is 1.82 bits per heavy atom. The maximum atomic E-state index is 13.4. The quantitative estimate of drug-likeness (QED) is 0.161. The molecule has 5 heterocycles. The highest BCUT2D eigenvalue weighted by molar-refractivity contribution is 7.24. The van der Waals surface area contributed by atoms with Crippen LogP contribution >= 0.6 is 22.7 Å². The number of nitriles is 1. The van der Waals surface area contributed by atoms with Gasteiger partial charge in [-0.3, -0.25) is 0 Å². The zero-order chi connectivity index (χ0) is 27.7. The van der Waals surface area contributed by atoms with Gasteiger partial charge in [0.2, 0.25) is 0 Å². The van der Waals surface area contributed by atoms with Crippen LogP contribution in [0.5, 0.6) is 0 Å². The van der Waals surface area contributed by atoms with Crippen molar-refractivity contribution in [3.8, 4) is 26.3 Å². The molecule has 1 N–H and O–H groups in total. The molecule has 0 fully saturated rings. The molecule has 6 rings (SSSR count). The Kier molecular flexibility index (Phi) is 5.87. The Hall–Kier alpha value is -3.67. The van der Waals surface area contributed by atoms with Crippen LogP contribution in [0.4, 0.5) is 5.69 Å². The van der Waals surface area contributed by atoms with Gasteiger partial charge in [0.15, 0.2) is 0 Å². The summed E-state index contributed by atoms with van der Waals surface area (Å²) in [5, 5.41) is 19.1. The Morgan fingerprint density at radius 3 is 2.56 bits per heavy atom. The van der Waals surface area contributed by atoms with Crippen molar-refractivity contribution in [3.05, 3.63) is 68.4 Å². The van der Waals surface area contributed by atoms with Gasteiger partial charge < -0.3 is 14.4 Å². The fourth-order valence-electron chi connectivity index (χ4n) is 5.87. The van der Waals surface area contributed by atoms with Crippen molar-refractivity contribution in [3.63, 3.8) is 0 Å². The Morgan fingerprint density at radius 1 is 1.10 bits per heavy atom. The van der Waals surface area contributed by atoms with E-state index in [1.807, 2.05) is 24.3 Å². The zero-order valence-corrected chi connectivity index (χ0v) is 23.9. The van der Waals surface area contributed by atoms with E-state index in [-0.39, 0.29) is 22.0 Å². The summed E-state index contributed by atoms with van der Waals surface area (Å²) >= 11 is 2.90. The molecule has 1 aromatic carbocycles. The first-order valence-corrected chi connectivity index (χ1v) is 14.5. The molecule has 8 heteroatoms. The molecule has 3 aromatic heterocycles. The van der Waals surface area contributed by atoms with E-state index >= 15 is 0 Å². The molecule has 0 amide bonds. The van der Waals surface area contributed by atoms with E-state index in [1.165, 1.54) is 40.0 Å². The summed E-state index contributed by atoms with van der Waals surface area (Å²) < 4.78 is 6.11. The normalized spacial score (nSPS) is 17.6. The van der Waals surface area contributed by atoms with Crippen LogP contribution in [0.25, 0.3) is 37.2 Å². The summed E-state index contributed by atoms with van der Waals surface area (Å²) in [6.45, 7) is 11.2. The van der Waals surface area contributed by atoms with Gasteiger partial charge in [-0.1, -0.05) is 27.7 Å². The summed E-state index contributed by atoms with van der Waals surface area (Å²) in [5.74, 6) is -1.25. The first-order chi connectivity index (χ1) is 18.5. The van der Waals surface area contributed by atoms with E-state index in [9.17, 15) is 9.59 Å². The van der Waals surface area contributed by atoms with Crippen molar-refractivity contribution >= 4 is 51.4 Å². The minimum absolute atomic E-state index is 0.0417. The van der Waals surface area contributed by atoms with Crippen LogP contribution in [0.1, 0.15) is 50.1 Å². The first-order valence-electron chi connectivity index (χ1n) is 12.9. The molecule has 2 aliphatic rings. The van der Waals surface area contributed by atoms with Gasteiger partial charge in [0.05, 0.1) is 5.56 Å². The lowest BCUT2D eigenvalue weighted by atomic mass is 9.71. The number of benzene rings is 1. The Balaban J connectivity index is 1.43. The lowest BCUT2D eigenvalue weighted by molar-refractivity contribution is -0.132. The number of anilines is 1. The molecule has 0 spiro atoms. The molecular formula is C31H28N2O4S2. The van der Waals surface area contributed by atoms with Crippen molar-refractivity contribution in [2.75, 3.05) is 18.0 Å². The van der Waals surface area contributed by atoms with Gasteiger partial charge in [-0.25, -0.2) is 9.59 Å². The SMILES string of the molecule is CC1(C)Cc2c3c(cc4cc(-c5ccc(-c6ccc(/C=C(\C#N)C(=O)O)s6)s5)c(=O)oc24)C(C)(C)CCN3C1. The summed E-state index contributed by atoms with van der Waals surface area (Å²) in [7, 11) is 0. The molecule has 2 aliphatic heterocycles. The first kappa shape index (κ1) is 25.6. The van der Waals surface area contributed by atoms with Crippen molar-refractivity contribution < 1.29 is 14.3 Å². The van der Waals surface area contributed by atoms with E-state index in [1.54, 1.807) is 12.1 Å². The number of hydrogen-bond donors (Lipinski definition) is 1. The highest BCUT2D eigenvalue weighted by Gasteiger charge is 2.40. The van der Waals surface area contributed by atoms with Crippen LogP contribution in [0.15, 0.2) is 51.2 Å². The molecule has 0 saturated heterocycles. The standard InChI is InChI=1S/C31H28N2O4S2/c1-30(2)14-21-26-22(31(3,4)9-10-33(26)16-30)13-17-12-20(29(36)37-27(17)21)23-7-8-25(39-23)24-6-5-19(38-24)11-18(15-32)28(34)35/h5-8,11-13H,9-10,14,16H2,1-4H3,(H,34,35)/b18-11+. The highest BCUT2D eigenvalue weighted by Crippen LogP contribution is 2.50. The molecule has 6 nitrogen and oxygen atoms in total. The third-order valence-electron chi connectivity index (χ3n) is 7.80. The smallest absolute Gasteiger partial charge is 0.346 e. The van der Waals surface area contributed by atoms with Gasteiger partial charge in [0.1, 0.15) is 17.2 Å². The monoisotopic (exact) mass is 556 g/mol. The third-order valence-corrected chi connectivity index (χ3v) is 10.1. The van der Waals surface area contributed by atoms with Crippen LogP contribution in [0.2, 0.25) is 0 Å². The van der Waals surface area contributed by atoms with Crippen LogP contribution < -0.4 is 10.5 Å². The number of aliphatic carboxylic acids is 1. The van der Waals surface area contributed by atoms with Crippen molar-refractivity contribution in [1.82, 2.24) is 0 Å². The molecule has 0 atom stereocenters. The number of fused-ring (bicyclic) bond motifs is 2. The number of carbonyl (C=O) groups is 1. The molecule has 198 valence electrons. The lowest BCUT2D eigenvalue weighted by Crippen LogP contribution is -2.46.